The maximum absolute atomic E-state index is 13.0. The topological polar surface area (TPSA) is 79.8 Å². The Hall–Kier alpha value is -3.45. The largest absolute Gasteiger partial charge is 0.326 e. The van der Waals surface area contributed by atoms with Gasteiger partial charge < -0.3 is 5.32 Å². The SMILES string of the molecule is Cc1ccc(-c2csc(-n3[nH]c(C)c(CC(=O)Nc4cccc(C)c4C)c3=O)n2)cc1. The van der Waals surface area contributed by atoms with Crippen molar-refractivity contribution in [3.8, 4) is 16.4 Å². The quantitative estimate of drug-likeness (QED) is 0.480. The molecule has 2 N–H and O–H groups in total. The summed E-state index contributed by atoms with van der Waals surface area (Å²) in [5.74, 6) is -0.223. The molecule has 0 unspecified atom stereocenters. The van der Waals surface area contributed by atoms with Crippen molar-refractivity contribution in [1.82, 2.24) is 14.8 Å². The van der Waals surface area contributed by atoms with E-state index in [0.717, 1.165) is 28.1 Å². The standard InChI is InChI=1S/C24H24N4O2S/c1-14-8-10-18(11-9-14)21-13-31-24(26-21)28-23(30)19(17(4)27-28)12-22(29)25-20-7-5-6-15(2)16(20)3/h5-11,13,27H,12H2,1-4H3,(H,25,29). The van der Waals surface area contributed by atoms with E-state index in [2.05, 4.69) is 15.4 Å². The van der Waals surface area contributed by atoms with Gasteiger partial charge in [0, 0.05) is 27.9 Å². The van der Waals surface area contributed by atoms with Crippen LogP contribution in [0.1, 0.15) is 27.9 Å². The fraction of sp³-hybridized carbons (Fsp3) is 0.208. The zero-order valence-corrected chi connectivity index (χ0v) is 18.8. The molecular formula is C24H24N4O2S. The van der Waals surface area contributed by atoms with E-state index in [-0.39, 0.29) is 17.9 Å². The number of H-pyrrole nitrogens is 1. The first-order valence-corrected chi connectivity index (χ1v) is 10.9. The van der Waals surface area contributed by atoms with Crippen LogP contribution in [-0.2, 0) is 11.2 Å². The van der Waals surface area contributed by atoms with E-state index in [0.29, 0.717) is 16.4 Å². The van der Waals surface area contributed by atoms with Gasteiger partial charge in [-0.1, -0.05) is 42.0 Å². The highest BCUT2D eigenvalue weighted by atomic mass is 32.1. The highest BCUT2D eigenvalue weighted by molar-refractivity contribution is 7.12. The molecule has 0 saturated carbocycles. The lowest BCUT2D eigenvalue weighted by molar-refractivity contribution is -0.115. The van der Waals surface area contributed by atoms with Gasteiger partial charge in [-0.05, 0) is 44.9 Å². The molecule has 0 radical (unpaired) electrons. The maximum Gasteiger partial charge on any atom is 0.277 e. The molecule has 0 atom stereocenters. The number of aromatic amines is 1. The summed E-state index contributed by atoms with van der Waals surface area (Å²) in [6.45, 7) is 7.80. The summed E-state index contributed by atoms with van der Waals surface area (Å²) in [7, 11) is 0. The number of nitrogens with zero attached hydrogens (tertiary/aromatic N) is 2. The molecule has 0 aliphatic rings. The first-order valence-electron chi connectivity index (χ1n) is 10.0. The van der Waals surface area contributed by atoms with Crippen LogP contribution >= 0.6 is 11.3 Å². The molecule has 1 amide bonds. The summed E-state index contributed by atoms with van der Waals surface area (Å²) in [6, 6.07) is 13.9. The number of rotatable bonds is 5. The minimum Gasteiger partial charge on any atom is -0.326 e. The number of nitrogens with one attached hydrogen (secondary N) is 2. The van der Waals surface area contributed by atoms with Gasteiger partial charge in [-0.3, -0.25) is 14.7 Å². The number of hydrogen-bond acceptors (Lipinski definition) is 4. The number of hydrogen-bond donors (Lipinski definition) is 2. The second kappa shape index (κ2) is 8.35. The van der Waals surface area contributed by atoms with Gasteiger partial charge in [0.05, 0.1) is 12.1 Å². The first-order chi connectivity index (χ1) is 14.8. The molecule has 0 fully saturated rings. The normalized spacial score (nSPS) is 11.0. The van der Waals surface area contributed by atoms with E-state index in [9.17, 15) is 9.59 Å². The van der Waals surface area contributed by atoms with Gasteiger partial charge in [-0.2, -0.15) is 4.68 Å². The zero-order valence-electron chi connectivity index (χ0n) is 17.9. The van der Waals surface area contributed by atoms with Crippen LogP contribution in [0.2, 0.25) is 0 Å². The number of aromatic nitrogens is 3. The molecule has 0 saturated heterocycles. The summed E-state index contributed by atoms with van der Waals surface area (Å²) in [4.78, 5) is 30.2. The van der Waals surface area contributed by atoms with Crippen LogP contribution in [-0.4, -0.2) is 20.7 Å². The Morgan fingerprint density at radius 3 is 2.58 bits per heavy atom. The van der Waals surface area contributed by atoms with Gasteiger partial charge in [-0.15, -0.1) is 11.3 Å². The van der Waals surface area contributed by atoms with Crippen molar-refractivity contribution in [2.45, 2.75) is 34.1 Å². The number of thiazole rings is 1. The van der Waals surface area contributed by atoms with Gasteiger partial charge in [-0.25, -0.2) is 4.98 Å². The molecular weight excluding hydrogens is 408 g/mol. The molecule has 4 aromatic rings. The second-order valence-corrected chi connectivity index (χ2v) is 8.55. The van der Waals surface area contributed by atoms with Crippen molar-refractivity contribution in [3.63, 3.8) is 0 Å². The lowest BCUT2D eigenvalue weighted by Gasteiger charge is -2.09. The second-order valence-electron chi connectivity index (χ2n) is 7.71. The number of carbonyl (C=O) groups is 1. The van der Waals surface area contributed by atoms with E-state index in [1.165, 1.54) is 21.6 Å². The number of aryl methyl sites for hydroxylation is 3. The van der Waals surface area contributed by atoms with E-state index < -0.39 is 0 Å². The fourth-order valence-corrected chi connectivity index (χ4v) is 4.18. The van der Waals surface area contributed by atoms with Crippen molar-refractivity contribution in [2.24, 2.45) is 0 Å². The molecule has 0 spiro atoms. The van der Waals surface area contributed by atoms with E-state index in [4.69, 9.17) is 0 Å². The number of benzene rings is 2. The number of carbonyl (C=O) groups excluding carboxylic acids is 1. The van der Waals surface area contributed by atoms with Crippen LogP contribution in [0.3, 0.4) is 0 Å². The van der Waals surface area contributed by atoms with Gasteiger partial charge in [0.2, 0.25) is 11.0 Å². The molecule has 2 heterocycles. The zero-order chi connectivity index (χ0) is 22.1. The lowest BCUT2D eigenvalue weighted by Crippen LogP contribution is -2.22. The van der Waals surface area contributed by atoms with Crippen molar-refractivity contribution in [3.05, 3.63) is 86.1 Å². The molecule has 0 aliphatic heterocycles. The molecule has 158 valence electrons. The van der Waals surface area contributed by atoms with Crippen molar-refractivity contribution < 1.29 is 4.79 Å². The van der Waals surface area contributed by atoms with Crippen LogP contribution in [0.25, 0.3) is 16.4 Å². The number of amides is 1. The van der Waals surface area contributed by atoms with E-state index in [1.54, 1.807) is 6.92 Å². The summed E-state index contributed by atoms with van der Waals surface area (Å²) >= 11 is 1.38. The molecule has 6 nitrogen and oxygen atoms in total. The Morgan fingerprint density at radius 2 is 1.84 bits per heavy atom. The highest BCUT2D eigenvalue weighted by Gasteiger charge is 2.18. The maximum atomic E-state index is 13.0. The average molecular weight is 433 g/mol. The summed E-state index contributed by atoms with van der Waals surface area (Å²) < 4.78 is 1.41. The van der Waals surface area contributed by atoms with Crippen LogP contribution in [0.5, 0.6) is 0 Å². The van der Waals surface area contributed by atoms with E-state index in [1.807, 2.05) is 68.6 Å². The van der Waals surface area contributed by atoms with Crippen LogP contribution in [0, 0.1) is 27.7 Å². The first kappa shape index (κ1) is 20.8. The monoisotopic (exact) mass is 432 g/mol. The van der Waals surface area contributed by atoms with Crippen molar-refractivity contribution in [2.75, 3.05) is 5.32 Å². The molecule has 0 aliphatic carbocycles. The van der Waals surface area contributed by atoms with Crippen molar-refractivity contribution >= 4 is 22.9 Å². The average Bonchev–Trinajstić information content (AvgIpc) is 3.32. The van der Waals surface area contributed by atoms with Crippen LogP contribution in [0.15, 0.2) is 52.6 Å². The third kappa shape index (κ3) is 4.22. The summed E-state index contributed by atoms with van der Waals surface area (Å²) in [5, 5.41) is 8.46. The molecule has 0 bridgehead atoms. The van der Waals surface area contributed by atoms with Crippen LogP contribution < -0.4 is 10.9 Å². The summed E-state index contributed by atoms with van der Waals surface area (Å²) in [5.41, 5.74) is 6.73. The Labute approximate surface area is 184 Å². The Morgan fingerprint density at radius 1 is 1.10 bits per heavy atom. The van der Waals surface area contributed by atoms with Crippen molar-refractivity contribution in [1.29, 1.82) is 0 Å². The Balaban J connectivity index is 1.57. The van der Waals surface area contributed by atoms with Gasteiger partial charge in [0.25, 0.3) is 5.56 Å². The summed E-state index contributed by atoms with van der Waals surface area (Å²) in [6.07, 6.45) is -0.00224. The molecule has 31 heavy (non-hydrogen) atoms. The highest BCUT2D eigenvalue weighted by Crippen LogP contribution is 2.24. The number of anilines is 1. The third-order valence-electron chi connectivity index (χ3n) is 5.44. The molecule has 2 aromatic carbocycles. The predicted octanol–water partition coefficient (Wildman–Crippen LogP) is 4.70. The molecule has 7 heteroatoms. The smallest absolute Gasteiger partial charge is 0.277 e. The fourth-order valence-electron chi connectivity index (χ4n) is 3.39. The molecule has 2 aromatic heterocycles. The Bertz CT molecular complexity index is 1310. The predicted molar refractivity (Wildman–Crippen MR) is 125 cm³/mol. The minimum absolute atomic E-state index is 0.00224. The van der Waals surface area contributed by atoms with E-state index >= 15 is 0 Å². The molecule has 4 rings (SSSR count). The van der Waals surface area contributed by atoms with Gasteiger partial charge in [0.1, 0.15) is 0 Å². The van der Waals surface area contributed by atoms with Gasteiger partial charge in [0.15, 0.2) is 0 Å². The van der Waals surface area contributed by atoms with Gasteiger partial charge >= 0.3 is 0 Å². The third-order valence-corrected chi connectivity index (χ3v) is 6.27. The minimum atomic E-state index is -0.251. The Kier molecular flexibility index (Phi) is 5.61. The van der Waals surface area contributed by atoms with Crippen LogP contribution in [0.4, 0.5) is 5.69 Å². The lowest BCUT2D eigenvalue weighted by atomic mass is 10.1.